The summed E-state index contributed by atoms with van der Waals surface area (Å²) in [6.07, 6.45) is 4.90. The summed E-state index contributed by atoms with van der Waals surface area (Å²) < 4.78 is 32.1. The maximum absolute atomic E-state index is 15.1. The zero-order valence-corrected chi connectivity index (χ0v) is 24.2. The summed E-state index contributed by atoms with van der Waals surface area (Å²) in [6, 6.07) is 2.75. The first kappa shape index (κ1) is 29.9. The van der Waals surface area contributed by atoms with Crippen LogP contribution in [0.2, 0.25) is 5.02 Å². The first-order valence-corrected chi connectivity index (χ1v) is 13.7. The van der Waals surface area contributed by atoms with Crippen LogP contribution in [0.3, 0.4) is 0 Å². The Hall–Kier alpha value is -4.56. The standard InChI is InChI=1S/C28H29ClF2N8O4/c1-13-4-14(7-33-2)39(9-13)20-6-19(18(29)8-34-20)36-21(40)11-38-10-17(22-27(38)35-12-37(3)28(22)43)15-5-16(26(32)42)25(41)24(31)23(15)30/h5-6,8,10,12-14,33,41H,4,7,9,11H2,1-3H3,(H2,32,42)(H,34,36,40). The molecule has 15 heteroatoms. The number of halogens is 3. The van der Waals surface area contributed by atoms with Gasteiger partial charge in [0.1, 0.15) is 18.0 Å². The molecule has 1 aromatic carbocycles. The van der Waals surface area contributed by atoms with Gasteiger partial charge in [-0.1, -0.05) is 18.5 Å². The van der Waals surface area contributed by atoms with E-state index in [0.29, 0.717) is 17.4 Å². The maximum Gasteiger partial charge on any atom is 0.263 e. The third-order valence-electron chi connectivity index (χ3n) is 7.46. The number of aromatic nitrogens is 4. The van der Waals surface area contributed by atoms with E-state index in [4.69, 9.17) is 17.3 Å². The third-order valence-corrected chi connectivity index (χ3v) is 7.76. The Kier molecular flexibility index (Phi) is 8.08. The summed E-state index contributed by atoms with van der Waals surface area (Å²) in [5.74, 6) is -5.13. The fourth-order valence-corrected chi connectivity index (χ4v) is 5.63. The van der Waals surface area contributed by atoms with Crippen LogP contribution in [0.1, 0.15) is 23.7 Å². The number of carbonyl (C=O) groups is 2. The normalized spacial score (nSPS) is 16.7. The first-order chi connectivity index (χ1) is 20.4. The van der Waals surface area contributed by atoms with Crippen molar-refractivity contribution in [2.45, 2.75) is 25.9 Å². The van der Waals surface area contributed by atoms with Gasteiger partial charge in [0.2, 0.25) is 11.7 Å². The summed E-state index contributed by atoms with van der Waals surface area (Å²) in [5, 5.41) is 15.9. The molecule has 1 aliphatic heterocycles. The molecule has 43 heavy (non-hydrogen) atoms. The van der Waals surface area contributed by atoms with Gasteiger partial charge in [0.05, 0.1) is 34.2 Å². The predicted molar refractivity (Wildman–Crippen MR) is 157 cm³/mol. The van der Waals surface area contributed by atoms with Crippen LogP contribution in [-0.4, -0.2) is 62.2 Å². The number of phenols is 1. The Morgan fingerprint density at radius 2 is 1.95 bits per heavy atom. The number of carbonyl (C=O) groups excluding carboxylic acids is 2. The number of anilines is 2. The van der Waals surface area contributed by atoms with E-state index in [0.717, 1.165) is 30.1 Å². The van der Waals surface area contributed by atoms with Crippen molar-refractivity contribution in [1.29, 1.82) is 0 Å². The Bertz CT molecular complexity index is 1830. The van der Waals surface area contributed by atoms with Crippen molar-refractivity contribution >= 4 is 46.0 Å². The van der Waals surface area contributed by atoms with Gasteiger partial charge < -0.3 is 35.5 Å². The predicted octanol–water partition coefficient (Wildman–Crippen LogP) is 2.61. The number of aryl methyl sites for hydroxylation is 1. The minimum absolute atomic E-state index is 0.00392. The van der Waals surface area contributed by atoms with Crippen molar-refractivity contribution in [2.75, 3.05) is 30.4 Å². The summed E-state index contributed by atoms with van der Waals surface area (Å²) in [6.45, 7) is 3.32. The zero-order chi connectivity index (χ0) is 31.2. The molecule has 0 saturated carbocycles. The van der Waals surface area contributed by atoms with Gasteiger partial charge in [0, 0.05) is 49.6 Å². The molecule has 2 atom stereocenters. The van der Waals surface area contributed by atoms with Gasteiger partial charge in [-0.3, -0.25) is 14.4 Å². The van der Waals surface area contributed by atoms with Gasteiger partial charge in [-0.05, 0) is 25.5 Å². The van der Waals surface area contributed by atoms with Crippen LogP contribution in [0.15, 0.2) is 35.6 Å². The van der Waals surface area contributed by atoms with E-state index in [1.807, 2.05) is 7.05 Å². The van der Waals surface area contributed by atoms with Crippen molar-refractivity contribution in [2.24, 2.45) is 18.7 Å². The quantitative estimate of drug-likeness (QED) is 0.236. The molecular formula is C28H29ClF2N8O4. The number of nitrogens with two attached hydrogens (primary N) is 1. The Labute approximate surface area is 249 Å². The summed E-state index contributed by atoms with van der Waals surface area (Å²) in [5.41, 5.74) is 3.59. The lowest BCUT2D eigenvalue weighted by atomic mass is 10.0. The molecule has 5 rings (SSSR count). The van der Waals surface area contributed by atoms with Crippen LogP contribution in [0, 0.1) is 17.6 Å². The van der Waals surface area contributed by atoms with Gasteiger partial charge in [0.25, 0.3) is 11.5 Å². The lowest BCUT2D eigenvalue weighted by molar-refractivity contribution is -0.116. The number of fused-ring (bicyclic) bond motifs is 1. The first-order valence-electron chi connectivity index (χ1n) is 13.3. The van der Waals surface area contributed by atoms with Gasteiger partial charge in [-0.25, -0.2) is 14.4 Å². The van der Waals surface area contributed by atoms with E-state index in [-0.39, 0.29) is 27.7 Å². The van der Waals surface area contributed by atoms with Crippen LogP contribution in [0.5, 0.6) is 5.75 Å². The molecular weight excluding hydrogens is 586 g/mol. The van der Waals surface area contributed by atoms with E-state index >= 15 is 4.39 Å². The number of aromatic hydroxyl groups is 1. The molecule has 0 radical (unpaired) electrons. The summed E-state index contributed by atoms with van der Waals surface area (Å²) in [7, 11) is 3.29. The fourth-order valence-electron chi connectivity index (χ4n) is 5.48. The molecule has 0 spiro atoms. The van der Waals surface area contributed by atoms with Crippen LogP contribution < -0.4 is 26.8 Å². The topological polar surface area (TPSA) is 160 Å². The molecule has 4 aromatic rings. The molecule has 5 N–H and O–H groups in total. The van der Waals surface area contributed by atoms with E-state index in [1.54, 1.807) is 6.07 Å². The Balaban J connectivity index is 1.51. The number of nitrogens with one attached hydrogen (secondary N) is 2. The highest BCUT2D eigenvalue weighted by Crippen LogP contribution is 2.36. The number of hydrogen-bond acceptors (Lipinski definition) is 8. The molecule has 12 nitrogen and oxygen atoms in total. The number of benzene rings is 1. The minimum atomic E-state index is -1.71. The van der Waals surface area contributed by atoms with Crippen LogP contribution in [0.25, 0.3) is 22.2 Å². The average molecular weight is 615 g/mol. The van der Waals surface area contributed by atoms with E-state index < -0.39 is 52.4 Å². The molecule has 4 heterocycles. The molecule has 0 aliphatic carbocycles. The van der Waals surface area contributed by atoms with Gasteiger partial charge >= 0.3 is 0 Å². The van der Waals surface area contributed by atoms with Gasteiger partial charge in [-0.2, -0.15) is 4.39 Å². The van der Waals surface area contributed by atoms with E-state index in [1.165, 1.54) is 30.3 Å². The molecule has 1 fully saturated rings. The monoisotopic (exact) mass is 614 g/mol. The third kappa shape index (κ3) is 5.50. The van der Waals surface area contributed by atoms with Crippen LogP contribution >= 0.6 is 11.6 Å². The second-order valence-corrected chi connectivity index (χ2v) is 11.0. The van der Waals surface area contributed by atoms with Crippen molar-refractivity contribution in [1.82, 2.24) is 24.4 Å². The lowest BCUT2D eigenvalue weighted by Crippen LogP contribution is -2.37. The van der Waals surface area contributed by atoms with Gasteiger partial charge in [-0.15, -0.1) is 0 Å². The number of pyridine rings is 1. The maximum atomic E-state index is 15.1. The Morgan fingerprint density at radius 1 is 1.21 bits per heavy atom. The number of primary amides is 1. The molecule has 1 aliphatic rings. The largest absolute Gasteiger partial charge is 0.504 e. The molecule has 1 saturated heterocycles. The second kappa shape index (κ2) is 11.6. The number of rotatable bonds is 8. The van der Waals surface area contributed by atoms with Crippen molar-refractivity contribution in [3.05, 3.63) is 63.4 Å². The lowest BCUT2D eigenvalue weighted by Gasteiger charge is -2.26. The number of nitrogens with zero attached hydrogens (tertiary/aromatic N) is 5. The highest BCUT2D eigenvalue weighted by molar-refractivity contribution is 6.33. The van der Waals surface area contributed by atoms with E-state index in [9.17, 15) is 23.9 Å². The molecule has 2 unspecified atom stereocenters. The molecule has 226 valence electrons. The van der Waals surface area contributed by atoms with Gasteiger partial charge in [0.15, 0.2) is 11.6 Å². The fraction of sp³-hybridized carbons (Fsp3) is 0.321. The van der Waals surface area contributed by atoms with Crippen molar-refractivity contribution in [3.63, 3.8) is 0 Å². The number of amides is 2. The minimum Gasteiger partial charge on any atom is -0.504 e. The smallest absolute Gasteiger partial charge is 0.263 e. The molecule has 2 amide bonds. The highest BCUT2D eigenvalue weighted by Gasteiger charge is 2.31. The van der Waals surface area contributed by atoms with E-state index in [2.05, 4.69) is 32.4 Å². The Morgan fingerprint density at radius 3 is 2.65 bits per heavy atom. The zero-order valence-electron chi connectivity index (χ0n) is 23.5. The SMILES string of the molecule is CNCC1CC(C)CN1c1cc(NC(=O)Cn2cc(-c3cc(C(N)=O)c(O)c(F)c3F)c3c(=O)n(C)cnc32)c(Cl)cn1. The average Bonchev–Trinajstić information content (AvgIpc) is 3.50. The summed E-state index contributed by atoms with van der Waals surface area (Å²) >= 11 is 6.37. The number of hydrogen-bond donors (Lipinski definition) is 4. The summed E-state index contributed by atoms with van der Waals surface area (Å²) in [4.78, 5) is 49.0. The molecule has 3 aromatic heterocycles. The van der Waals surface area contributed by atoms with Crippen molar-refractivity contribution < 1.29 is 23.5 Å². The second-order valence-electron chi connectivity index (χ2n) is 10.6. The number of likely N-dealkylation sites (N-methyl/N-ethyl adjacent to an activating group) is 1. The molecule has 0 bridgehead atoms. The van der Waals surface area contributed by atoms with Crippen molar-refractivity contribution in [3.8, 4) is 16.9 Å². The highest BCUT2D eigenvalue weighted by atomic mass is 35.5. The van der Waals surface area contributed by atoms with Crippen LogP contribution in [-0.2, 0) is 18.4 Å². The van der Waals surface area contributed by atoms with Crippen LogP contribution in [0.4, 0.5) is 20.3 Å².